The molecule has 1 unspecified atom stereocenters. The summed E-state index contributed by atoms with van der Waals surface area (Å²) in [6.45, 7) is 1.93. The molecule has 2 aliphatic rings. The number of carboxylic acids is 1. The smallest absolute Gasteiger partial charge is 0.320 e. The Kier molecular flexibility index (Phi) is 3.92. The van der Waals surface area contributed by atoms with Crippen LogP contribution in [0.1, 0.15) is 12.8 Å². The van der Waals surface area contributed by atoms with E-state index in [4.69, 9.17) is 5.11 Å². The van der Waals surface area contributed by atoms with E-state index in [-0.39, 0.29) is 30.3 Å². The van der Waals surface area contributed by atoms with Crippen molar-refractivity contribution in [2.45, 2.75) is 12.8 Å². The predicted molar refractivity (Wildman–Crippen MR) is 64.4 cm³/mol. The normalized spacial score (nSPS) is 23.1. The molecule has 2 amide bonds. The molecule has 1 atom stereocenters. The fourth-order valence-electron chi connectivity index (χ4n) is 2.60. The third kappa shape index (κ3) is 2.97. The van der Waals surface area contributed by atoms with Gasteiger partial charge >= 0.3 is 18.0 Å². The molecular weight excluding hydrogens is 252 g/mol. The van der Waals surface area contributed by atoms with Gasteiger partial charge in [-0.2, -0.15) is 0 Å². The minimum absolute atomic E-state index is 0.0560. The van der Waals surface area contributed by atoms with Crippen LogP contribution in [0.25, 0.3) is 0 Å². The van der Waals surface area contributed by atoms with Gasteiger partial charge in [-0.1, -0.05) is 0 Å². The van der Waals surface area contributed by atoms with E-state index in [0.717, 1.165) is 0 Å². The van der Waals surface area contributed by atoms with Gasteiger partial charge in [0.15, 0.2) is 0 Å². The number of aliphatic carboxylic acids is 1. The van der Waals surface area contributed by atoms with Crippen molar-refractivity contribution in [1.29, 1.82) is 0 Å². The largest absolute Gasteiger partial charge is 0.481 e. The molecule has 2 rings (SSSR count). The van der Waals surface area contributed by atoms with Gasteiger partial charge in [-0.05, 0) is 6.42 Å². The summed E-state index contributed by atoms with van der Waals surface area (Å²) < 4.78 is 4.67. The molecule has 0 aliphatic carbocycles. The van der Waals surface area contributed by atoms with Crippen molar-refractivity contribution in [2.24, 2.45) is 11.8 Å². The van der Waals surface area contributed by atoms with Crippen LogP contribution < -0.4 is 0 Å². The summed E-state index contributed by atoms with van der Waals surface area (Å²) in [6, 6.07) is -0.104. The molecule has 7 heteroatoms. The molecular formula is C12H18N2O5. The quantitative estimate of drug-likeness (QED) is 0.730. The van der Waals surface area contributed by atoms with Crippen molar-refractivity contribution in [1.82, 2.24) is 9.80 Å². The molecule has 2 aliphatic heterocycles. The minimum Gasteiger partial charge on any atom is -0.481 e. The molecule has 0 spiro atoms. The SMILES string of the molecule is COC(=O)C1CCN(C(=O)N2CC(CC(=O)O)C2)C1. The van der Waals surface area contributed by atoms with Crippen LogP contribution in [0.3, 0.4) is 0 Å². The first-order chi connectivity index (χ1) is 9.01. The molecule has 2 heterocycles. The first-order valence-corrected chi connectivity index (χ1v) is 6.34. The van der Waals surface area contributed by atoms with Crippen LogP contribution in [0.4, 0.5) is 4.79 Å². The zero-order valence-corrected chi connectivity index (χ0v) is 10.9. The number of urea groups is 1. The molecule has 2 fully saturated rings. The second-order valence-electron chi connectivity index (χ2n) is 5.11. The summed E-state index contributed by atoms with van der Waals surface area (Å²) in [6.07, 6.45) is 0.735. The molecule has 2 saturated heterocycles. The lowest BCUT2D eigenvalue weighted by molar-refractivity contribution is -0.145. The van der Waals surface area contributed by atoms with Crippen molar-refractivity contribution in [3.63, 3.8) is 0 Å². The van der Waals surface area contributed by atoms with Crippen molar-refractivity contribution < 1.29 is 24.2 Å². The van der Waals surface area contributed by atoms with Crippen LogP contribution in [-0.4, -0.2) is 66.2 Å². The van der Waals surface area contributed by atoms with Crippen LogP contribution >= 0.6 is 0 Å². The first-order valence-electron chi connectivity index (χ1n) is 6.34. The highest BCUT2D eigenvalue weighted by atomic mass is 16.5. The van der Waals surface area contributed by atoms with Crippen LogP contribution in [0, 0.1) is 11.8 Å². The summed E-state index contributed by atoms with van der Waals surface area (Å²) in [7, 11) is 1.35. The topological polar surface area (TPSA) is 87.2 Å². The predicted octanol–water partition coefficient (Wildman–Crippen LogP) is 0.00780. The van der Waals surface area contributed by atoms with Crippen molar-refractivity contribution in [3.8, 4) is 0 Å². The molecule has 0 aromatic heterocycles. The number of methoxy groups -OCH3 is 1. The molecule has 0 radical (unpaired) electrons. The maximum absolute atomic E-state index is 12.1. The van der Waals surface area contributed by atoms with E-state index in [1.807, 2.05) is 0 Å². The Hall–Kier alpha value is -1.79. The van der Waals surface area contributed by atoms with Crippen LogP contribution in [0.2, 0.25) is 0 Å². The Morgan fingerprint density at radius 2 is 1.89 bits per heavy atom. The van der Waals surface area contributed by atoms with Gasteiger partial charge in [0.2, 0.25) is 0 Å². The number of carbonyl (C=O) groups is 3. The van der Waals surface area contributed by atoms with Gasteiger partial charge < -0.3 is 19.6 Å². The highest BCUT2D eigenvalue weighted by Crippen LogP contribution is 2.24. The lowest BCUT2D eigenvalue weighted by Gasteiger charge is -2.40. The number of hydrogen-bond acceptors (Lipinski definition) is 4. The third-order valence-corrected chi connectivity index (χ3v) is 3.68. The standard InChI is InChI=1S/C12H18N2O5/c1-19-11(17)9-2-3-13(7-9)12(18)14-5-8(6-14)4-10(15)16/h8-9H,2-7H2,1H3,(H,15,16). The first kappa shape index (κ1) is 13.6. The monoisotopic (exact) mass is 270 g/mol. The zero-order chi connectivity index (χ0) is 14.0. The Morgan fingerprint density at radius 3 is 2.47 bits per heavy atom. The summed E-state index contributed by atoms with van der Waals surface area (Å²) >= 11 is 0. The molecule has 1 N–H and O–H groups in total. The fraction of sp³-hybridized carbons (Fsp3) is 0.750. The van der Waals surface area contributed by atoms with E-state index in [9.17, 15) is 14.4 Å². The number of hydrogen-bond donors (Lipinski definition) is 1. The molecule has 0 bridgehead atoms. The zero-order valence-electron chi connectivity index (χ0n) is 10.9. The Morgan fingerprint density at radius 1 is 1.21 bits per heavy atom. The van der Waals surface area contributed by atoms with Crippen LogP contribution in [0.5, 0.6) is 0 Å². The van der Waals surface area contributed by atoms with Crippen LogP contribution in [-0.2, 0) is 14.3 Å². The highest BCUT2D eigenvalue weighted by molar-refractivity contribution is 5.79. The van der Waals surface area contributed by atoms with Gasteiger partial charge in [-0.15, -0.1) is 0 Å². The van der Waals surface area contributed by atoms with E-state index in [1.165, 1.54) is 7.11 Å². The summed E-state index contributed by atoms with van der Waals surface area (Å²) in [4.78, 5) is 37.2. The molecule has 7 nitrogen and oxygen atoms in total. The lowest BCUT2D eigenvalue weighted by Crippen LogP contribution is -2.54. The van der Waals surface area contributed by atoms with Gasteiger partial charge in [0.25, 0.3) is 0 Å². The number of amides is 2. The fourth-order valence-corrected chi connectivity index (χ4v) is 2.60. The van der Waals surface area contributed by atoms with Crippen LogP contribution in [0.15, 0.2) is 0 Å². The summed E-state index contributed by atoms with van der Waals surface area (Å²) in [5.41, 5.74) is 0. The van der Waals surface area contributed by atoms with E-state index in [0.29, 0.717) is 32.6 Å². The number of carbonyl (C=O) groups excluding carboxylic acids is 2. The number of rotatable bonds is 3. The van der Waals surface area contributed by atoms with Gasteiger partial charge in [0, 0.05) is 32.1 Å². The van der Waals surface area contributed by atoms with Gasteiger partial charge in [-0.25, -0.2) is 4.79 Å². The van der Waals surface area contributed by atoms with Crippen molar-refractivity contribution in [2.75, 3.05) is 33.3 Å². The molecule has 0 saturated carbocycles. The van der Waals surface area contributed by atoms with Crippen molar-refractivity contribution in [3.05, 3.63) is 0 Å². The Balaban J connectivity index is 1.77. The van der Waals surface area contributed by atoms with Gasteiger partial charge in [-0.3, -0.25) is 9.59 Å². The van der Waals surface area contributed by atoms with Gasteiger partial charge in [0.1, 0.15) is 0 Å². The number of likely N-dealkylation sites (tertiary alicyclic amines) is 2. The summed E-state index contributed by atoms with van der Waals surface area (Å²) in [5.74, 6) is -1.28. The minimum atomic E-state index is -0.830. The number of esters is 1. The molecule has 106 valence electrons. The average Bonchev–Trinajstić information content (AvgIpc) is 2.80. The van der Waals surface area contributed by atoms with E-state index in [1.54, 1.807) is 9.80 Å². The lowest BCUT2D eigenvalue weighted by atomic mass is 9.97. The second-order valence-corrected chi connectivity index (χ2v) is 5.11. The van der Waals surface area contributed by atoms with E-state index >= 15 is 0 Å². The Bertz CT molecular complexity index is 392. The average molecular weight is 270 g/mol. The van der Waals surface area contributed by atoms with Crippen molar-refractivity contribution >= 4 is 18.0 Å². The molecule has 0 aromatic rings. The number of nitrogens with zero attached hydrogens (tertiary/aromatic N) is 2. The van der Waals surface area contributed by atoms with Gasteiger partial charge in [0.05, 0.1) is 19.4 Å². The second kappa shape index (κ2) is 5.46. The number of ether oxygens (including phenoxy) is 1. The molecule has 0 aromatic carbocycles. The highest BCUT2D eigenvalue weighted by Gasteiger charge is 2.38. The van der Waals surface area contributed by atoms with E-state index in [2.05, 4.69) is 4.74 Å². The maximum Gasteiger partial charge on any atom is 0.320 e. The third-order valence-electron chi connectivity index (χ3n) is 3.68. The Labute approximate surface area is 111 Å². The number of carboxylic acid groups (broad SMARTS) is 1. The van der Waals surface area contributed by atoms with E-state index < -0.39 is 5.97 Å². The summed E-state index contributed by atoms with van der Waals surface area (Å²) in [5, 5.41) is 8.64. The molecule has 19 heavy (non-hydrogen) atoms. The maximum atomic E-state index is 12.1.